The molecule has 1 N–H and O–H groups in total. The molecule has 5 nitrogen and oxygen atoms in total. The summed E-state index contributed by atoms with van der Waals surface area (Å²) >= 11 is 0. The normalized spacial score (nSPS) is 10.8. The Labute approximate surface area is 112 Å². The average molecular weight is 291 g/mol. The Hall–Kier alpha value is -2.25. The molecule has 20 heavy (non-hydrogen) atoms. The van der Waals surface area contributed by atoms with Crippen molar-refractivity contribution >= 4 is 17.7 Å². The van der Waals surface area contributed by atoms with Gasteiger partial charge in [-0.3, -0.25) is 5.32 Å². The minimum Gasteiger partial charge on any atom is -0.465 e. The van der Waals surface area contributed by atoms with Crippen LogP contribution in [0.3, 0.4) is 0 Å². The quantitative estimate of drug-likeness (QED) is 0.870. The largest absolute Gasteiger partial charge is 0.465 e. The number of hydrogen-bond donors (Lipinski definition) is 1. The zero-order valence-electron chi connectivity index (χ0n) is 10.7. The molecule has 0 unspecified atom stereocenters. The Kier molecular flexibility index (Phi) is 4.95. The number of aryl methyl sites for hydroxylation is 1. The van der Waals surface area contributed by atoms with E-state index < -0.39 is 24.8 Å². The maximum atomic E-state index is 11.9. The molecule has 0 aliphatic rings. The van der Waals surface area contributed by atoms with E-state index in [-0.39, 0.29) is 11.3 Å². The van der Waals surface area contributed by atoms with Gasteiger partial charge in [0.2, 0.25) is 0 Å². The van der Waals surface area contributed by atoms with Gasteiger partial charge in [-0.1, -0.05) is 11.6 Å². The number of amides is 1. The van der Waals surface area contributed by atoms with Gasteiger partial charge in [0, 0.05) is 0 Å². The van der Waals surface area contributed by atoms with Crippen LogP contribution in [0.15, 0.2) is 18.2 Å². The van der Waals surface area contributed by atoms with Gasteiger partial charge in [-0.15, -0.1) is 0 Å². The molecule has 0 radical (unpaired) electrons. The minimum atomic E-state index is -4.62. The van der Waals surface area contributed by atoms with Gasteiger partial charge in [0.15, 0.2) is 6.61 Å². The highest BCUT2D eigenvalue weighted by atomic mass is 19.4. The van der Waals surface area contributed by atoms with E-state index in [2.05, 4.69) is 14.8 Å². The van der Waals surface area contributed by atoms with E-state index in [4.69, 9.17) is 0 Å². The molecular formula is C12H12F3NO4. The molecule has 0 saturated carbocycles. The summed E-state index contributed by atoms with van der Waals surface area (Å²) in [5, 5.41) is 2.06. The van der Waals surface area contributed by atoms with E-state index in [0.29, 0.717) is 0 Å². The molecule has 1 aromatic carbocycles. The highest BCUT2D eigenvalue weighted by Crippen LogP contribution is 2.19. The predicted molar refractivity (Wildman–Crippen MR) is 63.5 cm³/mol. The van der Waals surface area contributed by atoms with E-state index in [1.165, 1.54) is 12.1 Å². The third kappa shape index (κ3) is 4.79. The first-order valence-corrected chi connectivity index (χ1v) is 5.42. The van der Waals surface area contributed by atoms with Gasteiger partial charge >= 0.3 is 18.2 Å². The van der Waals surface area contributed by atoms with Crippen molar-refractivity contribution in [2.24, 2.45) is 0 Å². The van der Waals surface area contributed by atoms with Crippen LogP contribution >= 0.6 is 0 Å². The average Bonchev–Trinajstić information content (AvgIpc) is 2.37. The van der Waals surface area contributed by atoms with Crippen molar-refractivity contribution in [3.8, 4) is 0 Å². The highest BCUT2D eigenvalue weighted by molar-refractivity contribution is 5.99. The molecule has 1 aromatic rings. The van der Waals surface area contributed by atoms with Gasteiger partial charge < -0.3 is 9.47 Å². The topological polar surface area (TPSA) is 64.6 Å². The van der Waals surface area contributed by atoms with Crippen molar-refractivity contribution in [1.82, 2.24) is 0 Å². The smallest absolute Gasteiger partial charge is 0.422 e. The number of hydrogen-bond acceptors (Lipinski definition) is 4. The summed E-state index contributed by atoms with van der Waals surface area (Å²) in [6.45, 7) is -0.00353. The van der Waals surface area contributed by atoms with Crippen molar-refractivity contribution in [3.05, 3.63) is 29.3 Å². The molecule has 0 aliphatic heterocycles. The van der Waals surface area contributed by atoms with Crippen LogP contribution in [0.1, 0.15) is 15.9 Å². The second-order valence-corrected chi connectivity index (χ2v) is 3.86. The van der Waals surface area contributed by atoms with E-state index in [9.17, 15) is 22.8 Å². The fourth-order valence-electron chi connectivity index (χ4n) is 1.34. The van der Waals surface area contributed by atoms with Crippen LogP contribution < -0.4 is 5.32 Å². The van der Waals surface area contributed by atoms with Gasteiger partial charge in [-0.25, -0.2) is 9.59 Å². The number of benzene rings is 1. The zero-order valence-corrected chi connectivity index (χ0v) is 10.7. The van der Waals surface area contributed by atoms with Crippen LogP contribution in [-0.4, -0.2) is 32.0 Å². The maximum absolute atomic E-state index is 11.9. The van der Waals surface area contributed by atoms with Gasteiger partial charge in [-0.05, 0) is 19.1 Å². The predicted octanol–water partition coefficient (Wildman–Crippen LogP) is 2.89. The Bertz CT molecular complexity index is 514. The molecular weight excluding hydrogens is 279 g/mol. The molecule has 8 heteroatoms. The summed E-state index contributed by atoms with van der Waals surface area (Å²) in [6, 6.07) is 4.38. The number of esters is 1. The molecule has 0 aliphatic carbocycles. The molecule has 0 fully saturated rings. The van der Waals surface area contributed by atoms with Gasteiger partial charge in [0.1, 0.15) is 0 Å². The van der Waals surface area contributed by atoms with Crippen LogP contribution in [0, 0.1) is 6.92 Å². The number of ether oxygens (including phenoxy) is 2. The summed E-state index contributed by atoms with van der Waals surface area (Å²) in [4.78, 5) is 22.7. The minimum absolute atomic E-state index is 0.00891. The molecule has 0 heterocycles. The molecule has 0 bridgehead atoms. The molecule has 0 spiro atoms. The van der Waals surface area contributed by atoms with Crippen molar-refractivity contribution in [3.63, 3.8) is 0 Å². The SMILES string of the molecule is COC(=O)c1cc(C)ccc1NC(=O)OCC(F)(F)F. The van der Waals surface area contributed by atoms with E-state index in [1.807, 2.05) is 0 Å². The van der Waals surface area contributed by atoms with E-state index in [0.717, 1.165) is 12.7 Å². The number of rotatable bonds is 3. The number of methoxy groups -OCH3 is 1. The van der Waals surface area contributed by atoms with Gasteiger partial charge in [0.25, 0.3) is 0 Å². The van der Waals surface area contributed by atoms with Crippen LogP contribution in [0.4, 0.5) is 23.7 Å². The Morgan fingerprint density at radius 3 is 2.50 bits per heavy atom. The molecule has 1 rings (SSSR count). The first-order chi connectivity index (χ1) is 9.23. The monoisotopic (exact) mass is 291 g/mol. The maximum Gasteiger partial charge on any atom is 0.422 e. The third-order valence-corrected chi connectivity index (χ3v) is 2.18. The molecule has 110 valence electrons. The first kappa shape index (κ1) is 15.8. The molecule has 0 aromatic heterocycles. The van der Waals surface area contributed by atoms with Gasteiger partial charge in [0.05, 0.1) is 18.4 Å². The molecule has 0 saturated heterocycles. The third-order valence-electron chi connectivity index (χ3n) is 2.18. The summed E-state index contributed by atoms with van der Waals surface area (Å²) < 4.78 is 44.2. The number of alkyl halides is 3. The molecule has 1 amide bonds. The summed E-state index contributed by atoms with van der Waals surface area (Å²) in [7, 11) is 1.15. The summed E-state index contributed by atoms with van der Waals surface area (Å²) in [5.41, 5.74) is 0.755. The van der Waals surface area contributed by atoms with E-state index in [1.54, 1.807) is 13.0 Å². The Morgan fingerprint density at radius 2 is 1.95 bits per heavy atom. The lowest BCUT2D eigenvalue weighted by Crippen LogP contribution is -2.24. The zero-order chi connectivity index (χ0) is 15.3. The van der Waals surface area contributed by atoms with Crippen LogP contribution in [0.5, 0.6) is 0 Å². The van der Waals surface area contributed by atoms with Gasteiger partial charge in [-0.2, -0.15) is 13.2 Å². The van der Waals surface area contributed by atoms with E-state index >= 15 is 0 Å². The Balaban J connectivity index is 2.82. The number of carbonyl (C=O) groups is 2. The van der Waals surface area contributed by atoms with Crippen molar-refractivity contribution < 1.29 is 32.2 Å². The second kappa shape index (κ2) is 6.27. The lowest BCUT2D eigenvalue weighted by atomic mass is 10.1. The standard InChI is InChI=1S/C12H12F3NO4/c1-7-3-4-9(8(5-7)10(17)19-2)16-11(18)20-6-12(13,14)15/h3-5H,6H2,1-2H3,(H,16,18). The number of nitrogens with one attached hydrogen (secondary N) is 1. The fraction of sp³-hybridized carbons (Fsp3) is 0.333. The van der Waals surface area contributed by atoms with Crippen LogP contribution in [-0.2, 0) is 9.47 Å². The highest BCUT2D eigenvalue weighted by Gasteiger charge is 2.29. The summed E-state index contributed by atoms with van der Waals surface area (Å²) in [5.74, 6) is -0.722. The number of anilines is 1. The van der Waals surface area contributed by atoms with Crippen molar-refractivity contribution in [2.45, 2.75) is 13.1 Å². The van der Waals surface area contributed by atoms with Crippen LogP contribution in [0.25, 0.3) is 0 Å². The number of halogens is 3. The number of carbonyl (C=O) groups excluding carboxylic acids is 2. The first-order valence-electron chi connectivity index (χ1n) is 5.42. The summed E-state index contributed by atoms with van der Waals surface area (Å²) in [6.07, 6.45) is -5.92. The Morgan fingerprint density at radius 1 is 1.30 bits per heavy atom. The van der Waals surface area contributed by atoms with Crippen molar-refractivity contribution in [1.29, 1.82) is 0 Å². The fourth-order valence-corrected chi connectivity index (χ4v) is 1.34. The molecule has 0 atom stereocenters. The lowest BCUT2D eigenvalue weighted by molar-refractivity contribution is -0.159. The van der Waals surface area contributed by atoms with Crippen molar-refractivity contribution in [2.75, 3.05) is 19.0 Å². The van der Waals surface area contributed by atoms with Crippen LogP contribution in [0.2, 0.25) is 0 Å². The lowest BCUT2D eigenvalue weighted by Gasteiger charge is -2.12. The second-order valence-electron chi connectivity index (χ2n) is 3.86.